The van der Waals surface area contributed by atoms with Crippen molar-refractivity contribution in [1.29, 1.82) is 0 Å². The molecule has 2 heterocycles. The molecule has 3 unspecified atom stereocenters. The maximum absolute atomic E-state index is 11.4. The molecule has 1 saturated heterocycles. The summed E-state index contributed by atoms with van der Waals surface area (Å²) in [6, 6.07) is 5.71. The Balaban J connectivity index is 1.79. The van der Waals surface area contributed by atoms with E-state index in [1.54, 1.807) is 11.8 Å². The second kappa shape index (κ2) is 4.57. The van der Waals surface area contributed by atoms with E-state index in [4.69, 9.17) is 4.74 Å². The van der Waals surface area contributed by atoms with Crippen LogP contribution < -0.4 is 5.32 Å². The third kappa shape index (κ3) is 2.02. The number of ether oxygens (including phenoxy) is 1. The van der Waals surface area contributed by atoms with Crippen LogP contribution in [0.5, 0.6) is 0 Å². The fourth-order valence-electron chi connectivity index (χ4n) is 2.34. The number of carbonyl (C=O) groups is 1. The molecule has 18 heavy (non-hydrogen) atoms. The van der Waals surface area contributed by atoms with E-state index < -0.39 is 6.10 Å². The van der Waals surface area contributed by atoms with E-state index in [0.717, 1.165) is 23.6 Å². The summed E-state index contributed by atoms with van der Waals surface area (Å²) < 4.78 is 5.53. The summed E-state index contributed by atoms with van der Waals surface area (Å²) in [5.74, 6) is -0.343. The maximum Gasteiger partial charge on any atom is 0.257 e. The summed E-state index contributed by atoms with van der Waals surface area (Å²) in [5, 5.41) is 12.8. The molecule has 5 heteroatoms. The lowest BCUT2D eigenvalue weighted by Gasteiger charge is -2.14. The van der Waals surface area contributed by atoms with Crippen LogP contribution in [0.1, 0.15) is 25.0 Å². The number of anilines is 1. The molecular formula is C13H15NO3S. The number of hydrogen-bond donors (Lipinski definition) is 2. The molecule has 0 aromatic heterocycles. The predicted molar refractivity (Wildman–Crippen MR) is 69.7 cm³/mol. The Bertz CT molecular complexity index is 491. The number of nitrogens with one attached hydrogen (secondary N) is 1. The fourth-order valence-corrected chi connectivity index (χ4v) is 3.51. The lowest BCUT2D eigenvalue weighted by atomic mass is 10.1. The van der Waals surface area contributed by atoms with Crippen LogP contribution in [0.4, 0.5) is 5.69 Å². The van der Waals surface area contributed by atoms with Crippen molar-refractivity contribution in [1.82, 2.24) is 0 Å². The summed E-state index contributed by atoms with van der Waals surface area (Å²) in [4.78, 5) is 12.5. The monoisotopic (exact) mass is 265 g/mol. The van der Waals surface area contributed by atoms with Crippen molar-refractivity contribution < 1.29 is 14.6 Å². The van der Waals surface area contributed by atoms with Gasteiger partial charge in [-0.15, -0.1) is 11.8 Å². The van der Waals surface area contributed by atoms with Gasteiger partial charge in [0.05, 0.1) is 6.10 Å². The first-order valence-electron chi connectivity index (χ1n) is 6.06. The normalized spacial score (nSPS) is 30.3. The third-order valence-corrected chi connectivity index (χ3v) is 4.87. The number of aliphatic hydroxyl groups excluding tert-OH is 1. The highest BCUT2D eigenvalue weighted by atomic mass is 32.2. The highest BCUT2D eigenvalue weighted by Crippen LogP contribution is 2.37. The molecule has 0 saturated carbocycles. The van der Waals surface area contributed by atoms with E-state index in [0.29, 0.717) is 10.8 Å². The van der Waals surface area contributed by atoms with Gasteiger partial charge in [0.25, 0.3) is 5.91 Å². The standard InChI is InChI=1S/C13H15NO3S/c1-7-11(4-5-17-7)18-8-2-3-9-10(6-8)14-13(16)12(9)15/h2-3,6-7,11-12,15H,4-5H2,1H3,(H,14,16). The van der Waals surface area contributed by atoms with Crippen molar-refractivity contribution >= 4 is 23.4 Å². The largest absolute Gasteiger partial charge is 0.378 e. The van der Waals surface area contributed by atoms with Crippen molar-refractivity contribution in [3.63, 3.8) is 0 Å². The van der Waals surface area contributed by atoms with Gasteiger partial charge in [0.2, 0.25) is 0 Å². The quantitative estimate of drug-likeness (QED) is 0.858. The Labute approximate surface area is 110 Å². The summed E-state index contributed by atoms with van der Waals surface area (Å²) in [6.07, 6.45) is 0.300. The first-order chi connectivity index (χ1) is 8.65. The minimum atomic E-state index is -1.02. The number of amides is 1. The molecule has 4 nitrogen and oxygen atoms in total. The van der Waals surface area contributed by atoms with Crippen LogP contribution in [-0.4, -0.2) is 29.0 Å². The second-order valence-electron chi connectivity index (χ2n) is 4.66. The Morgan fingerprint density at radius 3 is 3.06 bits per heavy atom. The molecule has 2 aliphatic rings. The molecule has 0 bridgehead atoms. The molecule has 0 radical (unpaired) electrons. The van der Waals surface area contributed by atoms with Gasteiger partial charge in [-0.2, -0.15) is 0 Å². The molecule has 1 fully saturated rings. The summed E-state index contributed by atoms with van der Waals surface area (Å²) >= 11 is 1.77. The summed E-state index contributed by atoms with van der Waals surface area (Å²) in [7, 11) is 0. The molecule has 2 aliphatic heterocycles. The van der Waals surface area contributed by atoms with Crippen molar-refractivity contribution in [2.24, 2.45) is 0 Å². The second-order valence-corrected chi connectivity index (χ2v) is 5.97. The fraction of sp³-hybridized carbons (Fsp3) is 0.462. The van der Waals surface area contributed by atoms with Crippen LogP contribution in [0.25, 0.3) is 0 Å². The van der Waals surface area contributed by atoms with Crippen LogP contribution in [-0.2, 0) is 9.53 Å². The molecule has 0 spiro atoms. The van der Waals surface area contributed by atoms with Crippen molar-refractivity contribution in [2.75, 3.05) is 11.9 Å². The molecule has 1 amide bonds. The topological polar surface area (TPSA) is 58.6 Å². The van der Waals surface area contributed by atoms with Gasteiger partial charge >= 0.3 is 0 Å². The minimum absolute atomic E-state index is 0.267. The van der Waals surface area contributed by atoms with Gasteiger partial charge < -0.3 is 15.2 Å². The average Bonchev–Trinajstić information content (AvgIpc) is 2.86. The highest BCUT2D eigenvalue weighted by Gasteiger charge is 2.29. The zero-order valence-electron chi connectivity index (χ0n) is 10.1. The van der Waals surface area contributed by atoms with E-state index in [2.05, 4.69) is 12.2 Å². The van der Waals surface area contributed by atoms with Crippen molar-refractivity contribution in [3.8, 4) is 0 Å². The molecular weight excluding hydrogens is 250 g/mol. The summed E-state index contributed by atoms with van der Waals surface area (Å²) in [5.41, 5.74) is 1.39. The maximum atomic E-state index is 11.4. The number of hydrogen-bond acceptors (Lipinski definition) is 4. The zero-order valence-corrected chi connectivity index (χ0v) is 10.9. The number of benzene rings is 1. The van der Waals surface area contributed by atoms with Gasteiger partial charge in [-0.3, -0.25) is 4.79 Å². The molecule has 3 rings (SSSR count). The third-order valence-electron chi connectivity index (χ3n) is 3.42. The molecule has 96 valence electrons. The van der Waals surface area contributed by atoms with Crippen LogP contribution in [0.2, 0.25) is 0 Å². The van der Waals surface area contributed by atoms with E-state index in [1.165, 1.54) is 0 Å². The number of rotatable bonds is 2. The van der Waals surface area contributed by atoms with Crippen LogP contribution in [0.15, 0.2) is 23.1 Å². The highest BCUT2D eigenvalue weighted by molar-refractivity contribution is 8.00. The molecule has 1 aromatic carbocycles. The number of aliphatic hydroxyl groups is 1. The van der Waals surface area contributed by atoms with Crippen LogP contribution >= 0.6 is 11.8 Å². The van der Waals surface area contributed by atoms with Gasteiger partial charge in [-0.05, 0) is 25.5 Å². The van der Waals surface area contributed by atoms with Gasteiger partial charge in [0.1, 0.15) is 0 Å². The number of carbonyl (C=O) groups excluding carboxylic acids is 1. The predicted octanol–water partition coefficient (Wildman–Crippen LogP) is 1.94. The molecule has 3 atom stereocenters. The first kappa shape index (κ1) is 12.0. The average molecular weight is 265 g/mol. The SMILES string of the molecule is CC1OCCC1Sc1ccc2c(c1)NC(=O)C2O. The van der Waals surface area contributed by atoms with E-state index >= 15 is 0 Å². The Morgan fingerprint density at radius 2 is 2.33 bits per heavy atom. The number of thioether (sulfide) groups is 1. The van der Waals surface area contributed by atoms with Crippen molar-refractivity contribution in [2.45, 2.75) is 35.7 Å². The smallest absolute Gasteiger partial charge is 0.257 e. The molecule has 2 N–H and O–H groups in total. The zero-order chi connectivity index (χ0) is 12.7. The molecule has 1 aromatic rings. The van der Waals surface area contributed by atoms with E-state index in [9.17, 15) is 9.90 Å². The van der Waals surface area contributed by atoms with Crippen LogP contribution in [0, 0.1) is 0 Å². The van der Waals surface area contributed by atoms with Gasteiger partial charge in [0.15, 0.2) is 6.10 Å². The van der Waals surface area contributed by atoms with E-state index in [1.807, 2.05) is 18.2 Å². The Hall–Kier alpha value is -1.04. The lowest BCUT2D eigenvalue weighted by molar-refractivity contribution is -0.123. The van der Waals surface area contributed by atoms with Gasteiger partial charge in [0, 0.05) is 28.0 Å². The lowest BCUT2D eigenvalue weighted by Crippen LogP contribution is -2.12. The Morgan fingerprint density at radius 1 is 1.50 bits per heavy atom. The molecule has 0 aliphatic carbocycles. The number of fused-ring (bicyclic) bond motifs is 1. The van der Waals surface area contributed by atoms with Gasteiger partial charge in [-0.1, -0.05) is 6.07 Å². The van der Waals surface area contributed by atoms with Gasteiger partial charge in [-0.25, -0.2) is 0 Å². The first-order valence-corrected chi connectivity index (χ1v) is 6.94. The van der Waals surface area contributed by atoms with Crippen molar-refractivity contribution in [3.05, 3.63) is 23.8 Å². The summed E-state index contributed by atoms with van der Waals surface area (Å²) in [6.45, 7) is 2.91. The Kier molecular flexibility index (Phi) is 3.05. The van der Waals surface area contributed by atoms with Crippen LogP contribution in [0.3, 0.4) is 0 Å². The minimum Gasteiger partial charge on any atom is -0.378 e. The van der Waals surface area contributed by atoms with E-state index in [-0.39, 0.29) is 12.0 Å².